The molecule has 1 aromatic heterocycles. The van der Waals surface area contributed by atoms with Crippen LogP contribution in [-0.2, 0) is 22.4 Å². The molecule has 8 heteroatoms. The first-order valence-electron chi connectivity index (χ1n) is 8.89. The van der Waals surface area contributed by atoms with Crippen molar-refractivity contribution in [3.8, 4) is 0 Å². The fraction of sp³-hybridized carbons (Fsp3) is 0.722. The van der Waals surface area contributed by atoms with E-state index in [-0.39, 0.29) is 23.7 Å². The van der Waals surface area contributed by atoms with E-state index >= 15 is 0 Å². The minimum absolute atomic E-state index is 0.199. The fourth-order valence-corrected chi connectivity index (χ4v) is 3.22. The Morgan fingerprint density at radius 1 is 1.35 bits per heavy atom. The van der Waals surface area contributed by atoms with Crippen LogP contribution in [0.5, 0.6) is 0 Å². The average Bonchev–Trinajstić information content (AvgIpc) is 3.22. The molecule has 1 aromatic rings. The molecule has 1 aliphatic heterocycles. The fourth-order valence-electron chi connectivity index (χ4n) is 3.22. The molecule has 0 radical (unpaired) electrons. The van der Waals surface area contributed by atoms with E-state index in [1.54, 1.807) is 24.0 Å². The summed E-state index contributed by atoms with van der Waals surface area (Å²) < 4.78 is 16.1. The smallest absolute Gasteiger partial charge is 0.410 e. The van der Waals surface area contributed by atoms with E-state index in [0.717, 1.165) is 12.8 Å². The molecule has 1 aliphatic carbocycles. The van der Waals surface area contributed by atoms with Crippen molar-refractivity contribution < 1.29 is 23.6 Å². The van der Waals surface area contributed by atoms with Gasteiger partial charge in [-0.15, -0.1) is 0 Å². The van der Waals surface area contributed by atoms with Crippen molar-refractivity contribution in [3.63, 3.8) is 0 Å². The molecule has 0 unspecified atom stereocenters. The molecular weight excluding hydrogens is 338 g/mol. The number of aromatic nitrogens is 1. The van der Waals surface area contributed by atoms with Gasteiger partial charge in [0.2, 0.25) is 0 Å². The topological polar surface area (TPSA) is 85.1 Å². The number of hydrogen-bond donors (Lipinski definition) is 0. The van der Waals surface area contributed by atoms with Crippen molar-refractivity contribution in [2.75, 3.05) is 27.3 Å². The van der Waals surface area contributed by atoms with Crippen LogP contribution < -0.4 is 0 Å². The summed E-state index contributed by atoms with van der Waals surface area (Å²) in [5, 5.41) is 4.00. The lowest BCUT2D eigenvalue weighted by Gasteiger charge is -2.30. The van der Waals surface area contributed by atoms with Gasteiger partial charge in [0.05, 0.1) is 18.7 Å². The summed E-state index contributed by atoms with van der Waals surface area (Å²) in [5.41, 5.74) is 0.130. The third-order valence-corrected chi connectivity index (χ3v) is 4.94. The first-order valence-corrected chi connectivity index (χ1v) is 8.89. The SMILES string of the molecule is COCC1(N(C)C(=O)c2noc3c2CN(C(=O)OC(C)(C)C)CC3)CC1. The summed E-state index contributed by atoms with van der Waals surface area (Å²) in [5.74, 6) is 0.466. The molecule has 0 atom stereocenters. The van der Waals surface area contributed by atoms with Gasteiger partial charge in [-0.3, -0.25) is 4.79 Å². The highest BCUT2D eigenvalue weighted by atomic mass is 16.6. The second kappa shape index (κ2) is 6.57. The van der Waals surface area contributed by atoms with Crippen LogP contribution in [-0.4, -0.2) is 65.4 Å². The van der Waals surface area contributed by atoms with E-state index in [9.17, 15) is 9.59 Å². The summed E-state index contributed by atoms with van der Waals surface area (Å²) in [6, 6.07) is 0. The van der Waals surface area contributed by atoms with Gasteiger partial charge in [-0.25, -0.2) is 4.79 Å². The first-order chi connectivity index (χ1) is 12.2. The summed E-state index contributed by atoms with van der Waals surface area (Å²) >= 11 is 0. The molecule has 144 valence electrons. The van der Waals surface area contributed by atoms with Gasteiger partial charge >= 0.3 is 6.09 Å². The van der Waals surface area contributed by atoms with Crippen molar-refractivity contribution in [3.05, 3.63) is 17.0 Å². The Kier molecular flexibility index (Phi) is 4.72. The number of likely N-dealkylation sites (N-methyl/N-ethyl adjacent to an activating group) is 1. The molecular formula is C18H27N3O5. The van der Waals surface area contributed by atoms with Gasteiger partial charge in [0.25, 0.3) is 5.91 Å². The summed E-state index contributed by atoms with van der Waals surface area (Å²) in [6.07, 6.45) is 1.94. The highest BCUT2D eigenvalue weighted by molar-refractivity contribution is 5.94. The predicted molar refractivity (Wildman–Crippen MR) is 92.8 cm³/mol. The zero-order chi connectivity index (χ0) is 19.1. The molecule has 3 rings (SSSR count). The van der Waals surface area contributed by atoms with Crippen molar-refractivity contribution >= 4 is 12.0 Å². The van der Waals surface area contributed by atoms with Gasteiger partial charge in [-0.2, -0.15) is 0 Å². The van der Waals surface area contributed by atoms with E-state index < -0.39 is 11.7 Å². The van der Waals surface area contributed by atoms with Crippen molar-refractivity contribution in [1.29, 1.82) is 0 Å². The number of hydrogen-bond acceptors (Lipinski definition) is 6. The largest absolute Gasteiger partial charge is 0.444 e. The van der Waals surface area contributed by atoms with Crippen LogP contribution in [0.3, 0.4) is 0 Å². The minimum Gasteiger partial charge on any atom is -0.444 e. The minimum atomic E-state index is -0.566. The van der Waals surface area contributed by atoms with Gasteiger partial charge in [-0.05, 0) is 33.6 Å². The Morgan fingerprint density at radius 3 is 2.62 bits per heavy atom. The second-order valence-electron chi connectivity index (χ2n) is 8.11. The monoisotopic (exact) mass is 365 g/mol. The van der Waals surface area contributed by atoms with Gasteiger partial charge in [0.1, 0.15) is 11.4 Å². The van der Waals surface area contributed by atoms with Crippen LogP contribution in [0, 0.1) is 0 Å². The highest BCUT2D eigenvalue weighted by Gasteiger charge is 2.49. The van der Waals surface area contributed by atoms with E-state index in [0.29, 0.717) is 30.9 Å². The quantitative estimate of drug-likeness (QED) is 0.813. The molecule has 26 heavy (non-hydrogen) atoms. The Hall–Kier alpha value is -2.09. The van der Waals surface area contributed by atoms with Crippen LogP contribution in [0.25, 0.3) is 0 Å². The van der Waals surface area contributed by atoms with Crippen LogP contribution in [0.1, 0.15) is 55.4 Å². The van der Waals surface area contributed by atoms with E-state index in [1.165, 1.54) is 0 Å². The molecule has 1 fully saturated rings. The number of fused-ring (bicyclic) bond motifs is 1. The van der Waals surface area contributed by atoms with Gasteiger partial charge in [-0.1, -0.05) is 5.16 Å². The Balaban J connectivity index is 1.76. The number of ether oxygens (including phenoxy) is 2. The van der Waals surface area contributed by atoms with E-state index in [1.807, 2.05) is 20.8 Å². The van der Waals surface area contributed by atoms with Crippen molar-refractivity contribution in [2.45, 2.75) is 57.7 Å². The Bertz CT molecular complexity index is 702. The molecule has 8 nitrogen and oxygen atoms in total. The van der Waals surface area contributed by atoms with Crippen molar-refractivity contribution in [1.82, 2.24) is 15.0 Å². The van der Waals surface area contributed by atoms with Gasteiger partial charge < -0.3 is 23.8 Å². The first kappa shape index (κ1) is 18.7. The van der Waals surface area contributed by atoms with Crippen LogP contribution in [0.2, 0.25) is 0 Å². The normalized spacial score (nSPS) is 18.3. The number of carbonyl (C=O) groups is 2. The molecule has 0 aromatic carbocycles. The molecule has 2 aliphatic rings. The number of methoxy groups -OCH3 is 1. The average molecular weight is 365 g/mol. The Labute approximate surface area is 153 Å². The van der Waals surface area contributed by atoms with Crippen LogP contribution in [0.15, 0.2) is 4.52 Å². The second-order valence-corrected chi connectivity index (χ2v) is 8.11. The number of carbonyl (C=O) groups excluding carboxylic acids is 2. The van der Waals surface area contributed by atoms with Gasteiger partial charge in [0, 0.05) is 32.7 Å². The van der Waals surface area contributed by atoms with E-state index in [2.05, 4.69) is 5.16 Å². The third kappa shape index (κ3) is 3.56. The number of rotatable bonds is 4. The molecule has 0 N–H and O–H groups in total. The van der Waals surface area contributed by atoms with Crippen LogP contribution >= 0.6 is 0 Å². The van der Waals surface area contributed by atoms with Crippen LogP contribution in [0.4, 0.5) is 4.79 Å². The molecule has 0 bridgehead atoms. The zero-order valence-corrected chi connectivity index (χ0v) is 16.1. The molecule has 0 saturated heterocycles. The molecule has 2 amide bonds. The summed E-state index contributed by atoms with van der Waals surface area (Å²) in [7, 11) is 3.40. The maximum atomic E-state index is 13.0. The standard InChI is InChI=1S/C18H27N3O5/c1-17(2,3)25-16(23)21-9-6-13-12(10-21)14(19-26-13)15(22)20(4)18(7-8-18)11-24-5/h6-11H2,1-5H3. The van der Waals surface area contributed by atoms with E-state index in [4.69, 9.17) is 14.0 Å². The Morgan fingerprint density at radius 2 is 2.04 bits per heavy atom. The highest BCUT2D eigenvalue weighted by Crippen LogP contribution is 2.42. The molecule has 0 spiro atoms. The third-order valence-electron chi connectivity index (χ3n) is 4.94. The van der Waals surface area contributed by atoms with Crippen molar-refractivity contribution in [2.24, 2.45) is 0 Å². The maximum Gasteiger partial charge on any atom is 0.410 e. The molecule has 1 saturated carbocycles. The summed E-state index contributed by atoms with van der Waals surface area (Å²) in [4.78, 5) is 28.6. The number of amides is 2. The zero-order valence-electron chi connectivity index (χ0n) is 16.1. The predicted octanol–water partition coefficient (Wildman–Crippen LogP) is 2.22. The van der Waals surface area contributed by atoms with Gasteiger partial charge in [0.15, 0.2) is 5.69 Å². The number of nitrogens with zero attached hydrogens (tertiary/aromatic N) is 3. The lowest BCUT2D eigenvalue weighted by atomic mass is 10.1. The summed E-state index contributed by atoms with van der Waals surface area (Å²) in [6.45, 7) is 6.73. The lowest BCUT2D eigenvalue weighted by Crippen LogP contribution is -2.43. The lowest BCUT2D eigenvalue weighted by molar-refractivity contribution is 0.0217. The maximum absolute atomic E-state index is 13.0. The molecule has 2 heterocycles.